The van der Waals surface area contributed by atoms with Gasteiger partial charge in [-0.3, -0.25) is 4.79 Å². The molecule has 2 saturated carbocycles. The highest BCUT2D eigenvalue weighted by atomic mass is 32.1. The van der Waals surface area contributed by atoms with Crippen LogP contribution < -0.4 is 16.0 Å². The summed E-state index contributed by atoms with van der Waals surface area (Å²) in [6, 6.07) is 7.87. The van der Waals surface area contributed by atoms with E-state index in [1.807, 2.05) is 12.1 Å². The molecule has 0 aromatic heterocycles. The van der Waals surface area contributed by atoms with Gasteiger partial charge in [-0.1, -0.05) is 6.42 Å². The topological polar surface area (TPSA) is 53.2 Å². The summed E-state index contributed by atoms with van der Waals surface area (Å²) in [5.74, 6) is 1.62. The van der Waals surface area contributed by atoms with Gasteiger partial charge in [-0.25, -0.2) is 0 Å². The predicted octanol–water partition coefficient (Wildman–Crippen LogP) is 2.52. The van der Waals surface area contributed by atoms with Crippen LogP contribution in [0, 0.1) is 11.8 Å². The molecule has 0 unspecified atom stereocenters. The number of carbonyl (C=O) groups is 1. The summed E-state index contributed by atoms with van der Waals surface area (Å²) < 4.78 is 0. The van der Waals surface area contributed by atoms with Crippen molar-refractivity contribution < 1.29 is 4.79 Å². The molecule has 0 radical (unpaired) electrons. The zero-order chi connectivity index (χ0) is 14.8. The van der Waals surface area contributed by atoms with Gasteiger partial charge in [0.05, 0.1) is 0 Å². The second kappa shape index (κ2) is 6.02. The van der Waals surface area contributed by atoms with Crippen molar-refractivity contribution in [3.8, 4) is 0 Å². The van der Waals surface area contributed by atoms with Crippen LogP contribution in [0.1, 0.15) is 36.0 Å². The molecule has 112 valence electrons. The van der Waals surface area contributed by atoms with Crippen molar-refractivity contribution >= 4 is 28.9 Å². The number of thiocarbonyl (C=S) groups is 1. The molecule has 2 bridgehead atoms. The average molecular weight is 303 g/mol. The molecule has 5 heteroatoms. The average Bonchev–Trinajstić information content (AvgIpc) is 3.09. The number of anilines is 1. The Hall–Kier alpha value is -1.62. The van der Waals surface area contributed by atoms with Crippen LogP contribution in [0.2, 0.25) is 0 Å². The fourth-order valence-corrected chi connectivity index (χ4v) is 3.88. The molecule has 2 fully saturated rings. The molecule has 4 nitrogen and oxygen atoms in total. The monoisotopic (exact) mass is 303 g/mol. The van der Waals surface area contributed by atoms with Crippen LogP contribution in [0.4, 0.5) is 5.69 Å². The lowest BCUT2D eigenvalue weighted by molar-refractivity contribution is 0.0963. The van der Waals surface area contributed by atoms with Gasteiger partial charge in [0.15, 0.2) is 5.11 Å². The molecule has 0 aliphatic heterocycles. The third-order valence-corrected chi connectivity index (χ3v) is 4.91. The molecular formula is C16H21N3OS. The molecule has 3 atom stereocenters. The first-order valence-electron chi connectivity index (χ1n) is 7.55. The van der Waals surface area contributed by atoms with Crippen LogP contribution in [0.15, 0.2) is 24.3 Å². The third-order valence-electron chi connectivity index (χ3n) is 4.69. The first kappa shape index (κ1) is 14.3. The van der Waals surface area contributed by atoms with Gasteiger partial charge < -0.3 is 16.0 Å². The molecule has 1 amide bonds. The summed E-state index contributed by atoms with van der Waals surface area (Å²) in [7, 11) is 1.63. The summed E-state index contributed by atoms with van der Waals surface area (Å²) in [6.07, 6.45) is 5.35. The van der Waals surface area contributed by atoms with E-state index >= 15 is 0 Å². The molecule has 3 N–H and O–H groups in total. The fourth-order valence-electron chi connectivity index (χ4n) is 3.61. The highest BCUT2D eigenvalue weighted by Crippen LogP contribution is 2.44. The van der Waals surface area contributed by atoms with Gasteiger partial charge in [0.1, 0.15) is 0 Å². The van der Waals surface area contributed by atoms with Crippen molar-refractivity contribution in [2.75, 3.05) is 12.4 Å². The molecule has 0 spiro atoms. The summed E-state index contributed by atoms with van der Waals surface area (Å²) in [5, 5.41) is 9.94. The number of fused-ring (bicyclic) bond motifs is 2. The molecule has 0 saturated heterocycles. The van der Waals surface area contributed by atoms with E-state index in [1.165, 1.54) is 25.7 Å². The van der Waals surface area contributed by atoms with E-state index in [0.29, 0.717) is 16.7 Å². The smallest absolute Gasteiger partial charge is 0.251 e. The zero-order valence-corrected chi connectivity index (χ0v) is 13.0. The number of benzene rings is 1. The van der Waals surface area contributed by atoms with Crippen LogP contribution >= 0.6 is 12.2 Å². The van der Waals surface area contributed by atoms with Gasteiger partial charge in [-0.2, -0.15) is 0 Å². The maximum Gasteiger partial charge on any atom is 0.251 e. The van der Waals surface area contributed by atoms with Gasteiger partial charge in [0, 0.05) is 24.3 Å². The molecule has 2 aliphatic carbocycles. The Labute approximate surface area is 130 Å². The van der Waals surface area contributed by atoms with E-state index in [4.69, 9.17) is 12.2 Å². The Kier molecular flexibility index (Phi) is 4.10. The van der Waals surface area contributed by atoms with E-state index in [0.717, 1.165) is 17.5 Å². The van der Waals surface area contributed by atoms with Crippen molar-refractivity contribution in [3.63, 3.8) is 0 Å². The van der Waals surface area contributed by atoms with E-state index in [1.54, 1.807) is 19.2 Å². The van der Waals surface area contributed by atoms with Crippen LogP contribution in [-0.2, 0) is 0 Å². The summed E-state index contributed by atoms with van der Waals surface area (Å²) in [4.78, 5) is 11.5. The summed E-state index contributed by atoms with van der Waals surface area (Å²) in [6.45, 7) is 0. The Balaban J connectivity index is 1.54. The number of carbonyl (C=O) groups excluding carboxylic acids is 1. The van der Waals surface area contributed by atoms with Crippen molar-refractivity contribution in [2.24, 2.45) is 11.8 Å². The Morgan fingerprint density at radius 2 is 1.95 bits per heavy atom. The minimum absolute atomic E-state index is 0.0794. The van der Waals surface area contributed by atoms with Crippen molar-refractivity contribution in [1.29, 1.82) is 0 Å². The quantitative estimate of drug-likeness (QED) is 0.751. The molecule has 1 aromatic rings. The maximum atomic E-state index is 11.5. The molecule has 3 rings (SSSR count). The lowest BCUT2D eigenvalue weighted by atomic mass is 9.96. The van der Waals surface area contributed by atoms with Crippen LogP contribution in [0.25, 0.3) is 0 Å². The summed E-state index contributed by atoms with van der Waals surface area (Å²) in [5.41, 5.74) is 1.55. The van der Waals surface area contributed by atoms with Crippen molar-refractivity contribution in [1.82, 2.24) is 10.6 Å². The highest BCUT2D eigenvalue weighted by molar-refractivity contribution is 7.80. The second-order valence-electron chi connectivity index (χ2n) is 6.04. The largest absolute Gasteiger partial charge is 0.359 e. The first-order valence-corrected chi connectivity index (χ1v) is 7.96. The van der Waals surface area contributed by atoms with E-state index in [2.05, 4.69) is 16.0 Å². The normalized spacial score (nSPS) is 26.4. The van der Waals surface area contributed by atoms with Gasteiger partial charge in [-0.15, -0.1) is 0 Å². The first-order chi connectivity index (χ1) is 10.2. The minimum Gasteiger partial charge on any atom is -0.359 e. The van der Waals surface area contributed by atoms with Gasteiger partial charge in [0.25, 0.3) is 5.91 Å². The Bertz CT molecular complexity index is 543. The van der Waals surface area contributed by atoms with E-state index < -0.39 is 0 Å². The molecule has 21 heavy (non-hydrogen) atoms. The van der Waals surface area contributed by atoms with E-state index in [-0.39, 0.29) is 5.91 Å². The SMILES string of the molecule is CNC(=O)c1ccc(NC(=S)N[C@H]2C[C@@H]3CC[C@@H]2C3)cc1. The number of nitrogens with one attached hydrogen (secondary N) is 3. The molecule has 2 aliphatic rings. The lowest BCUT2D eigenvalue weighted by Gasteiger charge is -2.24. The number of amides is 1. The minimum atomic E-state index is -0.0794. The standard InChI is InChI=1S/C16H21N3OS/c1-17-15(20)11-4-6-13(7-5-11)18-16(21)19-14-9-10-2-3-12(14)8-10/h4-7,10,12,14H,2-3,8-9H2,1H3,(H,17,20)(H2,18,19,21)/t10-,12-,14+/m1/s1. The number of rotatable bonds is 3. The predicted molar refractivity (Wildman–Crippen MR) is 88.4 cm³/mol. The molecule has 1 aromatic carbocycles. The molecular weight excluding hydrogens is 282 g/mol. The lowest BCUT2D eigenvalue weighted by Crippen LogP contribution is -2.40. The van der Waals surface area contributed by atoms with Crippen molar-refractivity contribution in [2.45, 2.75) is 31.7 Å². The van der Waals surface area contributed by atoms with Gasteiger partial charge in [-0.05, 0) is 67.6 Å². The van der Waals surface area contributed by atoms with Crippen LogP contribution in [0.3, 0.4) is 0 Å². The highest BCUT2D eigenvalue weighted by Gasteiger charge is 2.39. The number of hydrogen-bond donors (Lipinski definition) is 3. The second-order valence-corrected chi connectivity index (χ2v) is 6.44. The molecule has 0 heterocycles. The fraction of sp³-hybridized carbons (Fsp3) is 0.500. The summed E-state index contributed by atoms with van der Waals surface area (Å²) >= 11 is 5.39. The van der Waals surface area contributed by atoms with E-state index in [9.17, 15) is 4.79 Å². The Morgan fingerprint density at radius 1 is 1.19 bits per heavy atom. The number of hydrogen-bond acceptors (Lipinski definition) is 2. The zero-order valence-electron chi connectivity index (χ0n) is 12.2. The third kappa shape index (κ3) is 3.18. The van der Waals surface area contributed by atoms with Gasteiger partial charge in [0.2, 0.25) is 0 Å². The van der Waals surface area contributed by atoms with Crippen LogP contribution in [0.5, 0.6) is 0 Å². The van der Waals surface area contributed by atoms with Crippen LogP contribution in [-0.4, -0.2) is 24.1 Å². The van der Waals surface area contributed by atoms with Crippen molar-refractivity contribution in [3.05, 3.63) is 29.8 Å². The van der Waals surface area contributed by atoms with Gasteiger partial charge >= 0.3 is 0 Å². The Morgan fingerprint density at radius 3 is 2.52 bits per heavy atom. The maximum absolute atomic E-state index is 11.5.